The van der Waals surface area contributed by atoms with Gasteiger partial charge in [0.1, 0.15) is 5.78 Å². The van der Waals surface area contributed by atoms with Gasteiger partial charge in [0, 0.05) is 12.8 Å². The van der Waals surface area contributed by atoms with Gasteiger partial charge in [0.25, 0.3) is 0 Å². The quantitative estimate of drug-likeness (QED) is 0.508. The number of carbonyl (C=O) groups excluding carboxylic acids is 1. The molecule has 56 valence electrons. The van der Waals surface area contributed by atoms with Gasteiger partial charge in [-0.25, -0.2) is 0 Å². The summed E-state index contributed by atoms with van der Waals surface area (Å²) in [6, 6.07) is 0. The van der Waals surface area contributed by atoms with E-state index >= 15 is 0 Å². The third-order valence-electron chi connectivity index (χ3n) is 2.02. The first kappa shape index (κ1) is 7.48. The summed E-state index contributed by atoms with van der Waals surface area (Å²) in [5.74, 6) is 0.309. The number of hydrogen-bond donors (Lipinski definition) is 1. The molecule has 0 bridgehead atoms. The Morgan fingerprint density at radius 2 is 2.20 bits per heavy atom. The molecule has 0 unspecified atom stereocenters. The van der Waals surface area contributed by atoms with Crippen molar-refractivity contribution in [2.24, 2.45) is 5.92 Å². The Morgan fingerprint density at radius 3 is 2.70 bits per heavy atom. The second-order valence-corrected chi connectivity index (χ2v) is 2.94. The zero-order chi connectivity index (χ0) is 7.72. The minimum atomic E-state index is -0.587. The Bertz CT molecular complexity index is 156. The summed E-state index contributed by atoms with van der Waals surface area (Å²) < 4.78 is 0. The molecule has 0 heterocycles. The molecule has 1 fully saturated rings. The van der Waals surface area contributed by atoms with Gasteiger partial charge >= 0.3 is 0 Å². The summed E-state index contributed by atoms with van der Waals surface area (Å²) in [6.07, 6.45) is 0.232. The standard InChI is InChI=1S/C8H12O2/c1-5-3-7(9)4-8(10)6(5)2/h5,8,10H,2-4H2,1H3/t5-,8-/m1/s1. The van der Waals surface area contributed by atoms with Crippen molar-refractivity contribution in [2.45, 2.75) is 25.9 Å². The predicted octanol–water partition coefficient (Wildman–Crippen LogP) is 0.903. The molecule has 0 aliphatic heterocycles. The molecule has 2 atom stereocenters. The van der Waals surface area contributed by atoms with Gasteiger partial charge in [0.2, 0.25) is 0 Å². The molecule has 0 aromatic heterocycles. The first-order valence-electron chi connectivity index (χ1n) is 3.49. The zero-order valence-corrected chi connectivity index (χ0v) is 6.13. The average Bonchev–Trinajstić information content (AvgIpc) is 1.82. The summed E-state index contributed by atoms with van der Waals surface area (Å²) in [5.41, 5.74) is 0.805. The minimum absolute atomic E-state index is 0.146. The largest absolute Gasteiger partial charge is 0.388 e. The van der Waals surface area contributed by atoms with Crippen molar-refractivity contribution in [1.29, 1.82) is 0 Å². The maximum Gasteiger partial charge on any atom is 0.136 e. The maximum absolute atomic E-state index is 10.8. The van der Waals surface area contributed by atoms with E-state index in [1.165, 1.54) is 0 Å². The lowest BCUT2D eigenvalue weighted by Gasteiger charge is -2.24. The van der Waals surface area contributed by atoms with Crippen LogP contribution in [0.4, 0.5) is 0 Å². The molecule has 0 amide bonds. The van der Waals surface area contributed by atoms with Crippen LogP contribution in [0.5, 0.6) is 0 Å². The van der Waals surface area contributed by atoms with Crippen molar-refractivity contribution in [3.63, 3.8) is 0 Å². The van der Waals surface area contributed by atoms with E-state index in [0.29, 0.717) is 6.42 Å². The van der Waals surface area contributed by atoms with Crippen molar-refractivity contribution >= 4 is 5.78 Å². The molecule has 1 aliphatic carbocycles. The van der Waals surface area contributed by atoms with Crippen molar-refractivity contribution in [3.05, 3.63) is 12.2 Å². The monoisotopic (exact) mass is 140 g/mol. The number of carbonyl (C=O) groups is 1. The van der Waals surface area contributed by atoms with Crippen LogP contribution >= 0.6 is 0 Å². The van der Waals surface area contributed by atoms with E-state index in [0.717, 1.165) is 5.57 Å². The van der Waals surface area contributed by atoms with Crippen LogP contribution in [-0.2, 0) is 4.79 Å². The van der Waals surface area contributed by atoms with E-state index in [-0.39, 0.29) is 18.1 Å². The molecular weight excluding hydrogens is 128 g/mol. The van der Waals surface area contributed by atoms with Gasteiger partial charge in [-0.2, -0.15) is 0 Å². The lowest BCUT2D eigenvalue weighted by atomic mass is 9.84. The average molecular weight is 140 g/mol. The lowest BCUT2D eigenvalue weighted by Crippen LogP contribution is -2.27. The maximum atomic E-state index is 10.8. The molecule has 0 saturated heterocycles. The summed E-state index contributed by atoms with van der Waals surface area (Å²) in [5, 5.41) is 9.20. The molecule has 2 nitrogen and oxygen atoms in total. The molecule has 1 N–H and O–H groups in total. The van der Waals surface area contributed by atoms with Crippen molar-refractivity contribution < 1.29 is 9.90 Å². The predicted molar refractivity (Wildman–Crippen MR) is 38.6 cm³/mol. The number of ketones is 1. The van der Waals surface area contributed by atoms with Crippen molar-refractivity contribution in [3.8, 4) is 0 Å². The molecule has 0 aromatic rings. The third-order valence-corrected chi connectivity index (χ3v) is 2.02. The van der Waals surface area contributed by atoms with Gasteiger partial charge in [-0.05, 0) is 11.5 Å². The Hall–Kier alpha value is -0.630. The van der Waals surface area contributed by atoms with Crippen LogP contribution < -0.4 is 0 Å². The highest BCUT2D eigenvalue weighted by molar-refractivity contribution is 5.81. The lowest BCUT2D eigenvalue weighted by molar-refractivity contribution is -0.122. The highest BCUT2D eigenvalue weighted by Gasteiger charge is 2.25. The summed E-state index contributed by atoms with van der Waals surface area (Å²) in [6.45, 7) is 5.63. The fourth-order valence-electron chi connectivity index (χ4n) is 1.23. The first-order valence-corrected chi connectivity index (χ1v) is 3.49. The molecule has 0 radical (unpaired) electrons. The topological polar surface area (TPSA) is 37.3 Å². The summed E-state index contributed by atoms with van der Waals surface area (Å²) >= 11 is 0. The number of hydrogen-bond acceptors (Lipinski definition) is 2. The number of aliphatic hydroxyl groups excluding tert-OH is 1. The molecule has 0 aromatic carbocycles. The molecule has 2 heteroatoms. The first-order chi connectivity index (χ1) is 4.61. The fourth-order valence-corrected chi connectivity index (χ4v) is 1.23. The van der Waals surface area contributed by atoms with Crippen LogP contribution in [0.3, 0.4) is 0 Å². The molecular formula is C8H12O2. The molecule has 1 saturated carbocycles. The van der Waals surface area contributed by atoms with Gasteiger partial charge < -0.3 is 5.11 Å². The van der Waals surface area contributed by atoms with Crippen molar-refractivity contribution in [1.82, 2.24) is 0 Å². The number of aliphatic hydroxyl groups is 1. The highest BCUT2D eigenvalue weighted by atomic mass is 16.3. The number of Topliss-reactive ketones (excluding diaryl/α,β-unsaturated/α-hetero) is 1. The van der Waals surface area contributed by atoms with Gasteiger partial charge in [-0.15, -0.1) is 0 Å². The Morgan fingerprint density at radius 1 is 1.60 bits per heavy atom. The second kappa shape index (κ2) is 2.54. The Balaban J connectivity index is 2.66. The van der Waals surface area contributed by atoms with E-state index in [1.807, 2.05) is 6.92 Å². The van der Waals surface area contributed by atoms with Crippen LogP contribution in [-0.4, -0.2) is 17.0 Å². The summed E-state index contributed by atoms with van der Waals surface area (Å²) in [4.78, 5) is 10.8. The van der Waals surface area contributed by atoms with Crippen LogP contribution in [0.1, 0.15) is 19.8 Å². The van der Waals surface area contributed by atoms with Crippen LogP contribution in [0.2, 0.25) is 0 Å². The van der Waals surface area contributed by atoms with E-state index in [4.69, 9.17) is 0 Å². The number of rotatable bonds is 0. The molecule has 1 aliphatic rings. The Labute approximate surface area is 60.6 Å². The van der Waals surface area contributed by atoms with E-state index in [9.17, 15) is 9.90 Å². The van der Waals surface area contributed by atoms with Gasteiger partial charge in [-0.3, -0.25) is 4.79 Å². The molecule has 1 rings (SSSR count). The van der Waals surface area contributed by atoms with E-state index < -0.39 is 6.10 Å². The highest BCUT2D eigenvalue weighted by Crippen LogP contribution is 2.25. The van der Waals surface area contributed by atoms with Crippen LogP contribution in [0.15, 0.2) is 12.2 Å². The normalized spacial score (nSPS) is 34.6. The van der Waals surface area contributed by atoms with Crippen LogP contribution in [0, 0.1) is 5.92 Å². The SMILES string of the molecule is C=C1[C@H](C)CC(=O)C[C@H]1O. The minimum Gasteiger partial charge on any atom is -0.388 e. The summed E-state index contributed by atoms with van der Waals surface area (Å²) in [7, 11) is 0. The van der Waals surface area contributed by atoms with Gasteiger partial charge in [0.05, 0.1) is 6.10 Å². The van der Waals surface area contributed by atoms with E-state index in [2.05, 4.69) is 6.58 Å². The molecule has 10 heavy (non-hydrogen) atoms. The zero-order valence-electron chi connectivity index (χ0n) is 6.13. The Kier molecular flexibility index (Phi) is 1.90. The second-order valence-electron chi connectivity index (χ2n) is 2.94. The molecule has 0 spiro atoms. The van der Waals surface area contributed by atoms with Crippen LogP contribution in [0.25, 0.3) is 0 Å². The van der Waals surface area contributed by atoms with Crippen molar-refractivity contribution in [2.75, 3.05) is 0 Å². The third kappa shape index (κ3) is 1.27. The fraction of sp³-hybridized carbons (Fsp3) is 0.625. The van der Waals surface area contributed by atoms with E-state index in [1.54, 1.807) is 0 Å². The van der Waals surface area contributed by atoms with Gasteiger partial charge in [0.15, 0.2) is 0 Å². The smallest absolute Gasteiger partial charge is 0.136 e. The van der Waals surface area contributed by atoms with Gasteiger partial charge in [-0.1, -0.05) is 13.5 Å².